The molecule has 5 heteroatoms. The maximum atomic E-state index is 11.4. The van der Waals surface area contributed by atoms with E-state index in [9.17, 15) is 4.79 Å². The summed E-state index contributed by atoms with van der Waals surface area (Å²) in [6.45, 7) is 3.08. The normalized spacial score (nSPS) is 16.1. The summed E-state index contributed by atoms with van der Waals surface area (Å²) in [5.41, 5.74) is 0.420. The third-order valence-electron chi connectivity index (χ3n) is 3.24. The Morgan fingerprint density at radius 1 is 1.59 bits per heavy atom. The van der Waals surface area contributed by atoms with Crippen LogP contribution in [-0.2, 0) is 4.74 Å². The number of nitrogens with zero attached hydrogens (tertiary/aromatic N) is 2. The van der Waals surface area contributed by atoms with Crippen LogP contribution >= 0.6 is 11.3 Å². The highest BCUT2D eigenvalue weighted by Gasteiger charge is 2.24. The Morgan fingerprint density at radius 3 is 2.88 bits per heavy atom. The number of carbonyl (C=O) groups is 1. The van der Waals surface area contributed by atoms with Crippen LogP contribution in [0.1, 0.15) is 43.1 Å². The molecule has 1 saturated carbocycles. The summed E-state index contributed by atoms with van der Waals surface area (Å²) >= 11 is 1.53. The summed E-state index contributed by atoms with van der Waals surface area (Å²) in [7, 11) is 1.38. The van der Waals surface area contributed by atoms with Gasteiger partial charge in [0.05, 0.1) is 7.11 Å². The molecule has 1 aliphatic carbocycles. The van der Waals surface area contributed by atoms with Gasteiger partial charge < -0.3 is 9.64 Å². The highest BCUT2D eigenvalue weighted by Crippen LogP contribution is 2.30. The molecule has 1 fully saturated rings. The first kappa shape index (κ1) is 12.4. The van der Waals surface area contributed by atoms with Gasteiger partial charge in [-0.15, -0.1) is 11.3 Å². The number of rotatable bonds is 4. The summed E-state index contributed by atoms with van der Waals surface area (Å²) in [6, 6.07) is 0.594. The average Bonchev–Trinajstić information content (AvgIpc) is 3.00. The fourth-order valence-corrected chi connectivity index (χ4v) is 3.29. The van der Waals surface area contributed by atoms with Gasteiger partial charge >= 0.3 is 5.97 Å². The van der Waals surface area contributed by atoms with Gasteiger partial charge in [0.2, 0.25) is 0 Å². The molecule has 2 rings (SSSR count). The summed E-state index contributed by atoms with van der Waals surface area (Å²) in [5, 5.41) is 2.72. The van der Waals surface area contributed by atoms with Crippen LogP contribution in [0.25, 0.3) is 0 Å². The molecule has 1 aromatic rings. The quantitative estimate of drug-likeness (QED) is 0.775. The number of hydrogen-bond donors (Lipinski definition) is 0. The number of methoxy groups -OCH3 is 1. The second kappa shape index (κ2) is 5.49. The minimum atomic E-state index is -0.352. The Hall–Kier alpha value is -1.10. The molecule has 0 amide bonds. The lowest BCUT2D eigenvalue weighted by Crippen LogP contribution is -2.32. The van der Waals surface area contributed by atoms with Gasteiger partial charge in [-0.05, 0) is 19.8 Å². The van der Waals surface area contributed by atoms with Crippen molar-refractivity contribution >= 4 is 22.4 Å². The van der Waals surface area contributed by atoms with Crippen molar-refractivity contribution in [1.29, 1.82) is 0 Å². The maximum absolute atomic E-state index is 11.4. The van der Waals surface area contributed by atoms with Gasteiger partial charge in [0.25, 0.3) is 0 Å². The summed E-state index contributed by atoms with van der Waals surface area (Å²) < 4.78 is 4.68. The van der Waals surface area contributed by atoms with Crippen molar-refractivity contribution in [2.24, 2.45) is 0 Å². The van der Waals surface area contributed by atoms with Gasteiger partial charge in [-0.3, -0.25) is 0 Å². The predicted octanol–water partition coefficient (Wildman–Crippen LogP) is 2.70. The van der Waals surface area contributed by atoms with Crippen molar-refractivity contribution in [3.05, 3.63) is 11.1 Å². The van der Waals surface area contributed by atoms with Crippen molar-refractivity contribution < 1.29 is 9.53 Å². The third kappa shape index (κ3) is 2.60. The molecule has 0 aliphatic heterocycles. The van der Waals surface area contributed by atoms with E-state index in [-0.39, 0.29) is 5.97 Å². The Morgan fingerprint density at radius 2 is 2.29 bits per heavy atom. The second-order valence-electron chi connectivity index (χ2n) is 4.23. The smallest absolute Gasteiger partial charge is 0.357 e. The van der Waals surface area contributed by atoms with Crippen LogP contribution in [0.2, 0.25) is 0 Å². The van der Waals surface area contributed by atoms with Crippen LogP contribution < -0.4 is 4.90 Å². The molecule has 0 N–H and O–H groups in total. The molecule has 0 aromatic carbocycles. The molecule has 0 saturated heterocycles. The first-order valence-electron chi connectivity index (χ1n) is 6.06. The number of esters is 1. The van der Waals surface area contributed by atoms with E-state index in [4.69, 9.17) is 0 Å². The average molecular weight is 254 g/mol. The van der Waals surface area contributed by atoms with E-state index >= 15 is 0 Å². The van der Waals surface area contributed by atoms with E-state index in [1.165, 1.54) is 44.1 Å². The summed E-state index contributed by atoms with van der Waals surface area (Å²) in [6.07, 6.45) is 5.08. The van der Waals surface area contributed by atoms with Crippen LogP contribution in [0.5, 0.6) is 0 Å². The second-order valence-corrected chi connectivity index (χ2v) is 5.07. The van der Waals surface area contributed by atoms with Crippen LogP contribution in [0, 0.1) is 0 Å². The molecular formula is C12H18N2O2S. The molecular weight excluding hydrogens is 236 g/mol. The van der Waals surface area contributed by atoms with E-state index in [1.54, 1.807) is 5.38 Å². The molecule has 0 atom stereocenters. The fraction of sp³-hybridized carbons (Fsp3) is 0.667. The van der Waals surface area contributed by atoms with E-state index in [0.717, 1.165) is 11.7 Å². The number of anilines is 1. The van der Waals surface area contributed by atoms with E-state index in [1.807, 2.05) is 0 Å². The van der Waals surface area contributed by atoms with Gasteiger partial charge in [0.1, 0.15) is 0 Å². The van der Waals surface area contributed by atoms with E-state index in [2.05, 4.69) is 21.5 Å². The molecule has 94 valence electrons. The topological polar surface area (TPSA) is 42.4 Å². The van der Waals surface area contributed by atoms with Crippen molar-refractivity contribution in [2.75, 3.05) is 18.6 Å². The van der Waals surface area contributed by atoms with Crippen LogP contribution in [0.3, 0.4) is 0 Å². The number of thiazole rings is 1. The summed E-state index contributed by atoms with van der Waals surface area (Å²) in [4.78, 5) is 18.0. The zero-order valence-electron chi connectivity index (χ0n) is 10.3. The lowest BCUT2D eigenvalue weighted by Gasteiger charge is -2.26. The first-order valence-corrected chi connectivity index (χ1v) is 6.94. The minimum absolute atomic E-state index is 0.352. The maximum Gasteiger partial charge on any atom is 0.357 e. The Kier molecular flexibility index (Phi) is 3.99. The SMILES string of the molecule is CCN(c1nc(C(=O)OC)cs1)C1CCCC1. The van der Waals surface area contributed by atoms with Gasteiger partial charge in [0.15, 0.2) is 10.8 Å². The van der Waals surface area contributed by atoms with Gasteiger partial charge in [-0.1, -0.05) is 12.8 Å². The number of aromatic nitrogens is 1. The number of hydrogen-bond acceptors (Lipinski definition) is 5. The molecule has 0 bridgehead atoms. The van der Waals surface area contributed by atoms with Gasteiger partial charge in [-0.2, -0.15) is 0 Å². The largest absolute Gasteiger partial charge is 0.464 e. The molecule has 1 aliphatic rings. The standard InChI is InChI=1S/C12H18N2O2S/c1-3-14(9-6-4-5-7-9)12-13-10(8-17-12)11(15)16-2/h8-9H,3-7H2,1-2H3. The molecule has 1 heterocycles. The Balaban J connectivity index is 2.13. The minimum Gasteiger partial charge on any atom is -0.464 e. The van der Waals surface area contributed by atoms with Crippen LogP contribution in [0.4, 0.5) is 5.13 Å². The lowest BCUT2D eigenvalue weighted by molar-refractivity contribution is 0.0595. The molecule has 17 heavy (non-hydrogen) atoms. The van der Waals surface area contributed by atoms with Gasteiger partial charge in [0, 0.05) is 18.0 Å². The summed E-state index contributed by atoms with van der Waals surface area (Å²) in [5.74, 6) is -0.352. The van der Waals surface area contributed by atoms with Crippen LogP contribution in [-0.4, -0.2) is 30.6 Å². The Bertz CT molecular complexity index is 386. The van der Waals surface area contributed by atoms with E-state index in [0.29, 0.717) is 11.7 Å². The zero-order valence-corrected chi connectivity index (χ0v) is 11.1. The van der Waals surface area contributed by atoms with Gasteiger partial charge in [-0.25, -0.2) is 9.78 Å². The first-order chi connectivity index (χ1) is 8.26. The molecule has 0 radical (unpaired) electrons. The third-order valence-corrected chi connectivity index (χ3v) is 4.12. The molecule has 4 nitrogen and oxygen atoms in total. The Labute approximate surface area is 106 Å². The molecule has 1 aromatic heterocycles. The molecule has 0 spiro atoms. The van der Waals surface area contributed by atoms with Crippen molar-refractivity contribution in [3.8, 4) is 0 Å². The van der Waals surface area contributed by atoms with Crippen LogP contribution in [0.15, 0.2) is 5.38 Å². The predicted molar refractivity (Wildman–Crippen MR) is 68.7 cm³/mol. The number of carbonyl (C=O) groups excluding carboxylic acids is 1. The van der Waals surface area contributed by atoms with Crippen molar-refractivity contribution in [2.45, 2.75) is 38.6 Å². The fourth-order valence-electron chi connectivity index (χ4n) is 2.36. The highest BCUT2D eigenvalue weighted by molar-refractivity contribution is 7.13. The van der Waals surface area contributed by atoms with E-state index < -0.39 is 0 Å². The zero-order chi connectivity index (χ0) is 12.3. The van der Waals surface area contributed by atoms with Crippen molar-refractivity contribution in [3.63, 3.8) is 0 Å². The number of ether oxygens (including phenoxy) is 1. The van der Waals surface area contributed by atoms with Crippen molar-refractivity contribution in [1.82, 2.24) is 4.98 Å². The lowest BCUT2D eigenvalue weighted by atomic mass is 10.2. The molecule has 0 unspecified atom stereocenters. The highest BCUT2D eigenvalue weighted by atomic mass is 32.1. The monoisotopic (exact) mass is 254 g/mol.